The topological polar surface area (TPSA) is 83.6 Å². The molecule has 0 saturated heterocycles. The number of amides is 1. The third-order valence-corrected chi connectivity index (χ3v) is 3.63. The highest BCUT2D eigenvalue weighted by atomic mass is 32.1. The van der Waals surface area contributed by atoms with E-state index >= 15 is 0 Å². The van der Waals surface area contributed by atoms with Gasteiger partial charge in [-0.1, -0.05) is 30.3 Å². The lowest BCUT2D eigenvalue weighted by atomic mass is 10.2. The first-order chi connectivity index (χ1) is 10.9. The van der Waals surface area contributed by atoms with Crippen LogP contribution in [0.3, 0.4) is 0 Å². The minimum absolute atomic E-state index is 0.0761. The van der Waals surface area contributed by atoms with Crippen LogP contribution in [0.25, 0.3) is 10.6 Å². The van der Waals surface area contributed by atoms with Crippen molar-refractivity contribution >= 4 is 23.2 Å². The Morgan fingerprint density at radius 3 is 2.57 bits per heavy atom. The highest BCUT2D eigenvalue weighted by Gasteiger charge is 2.35. The summed E-state index contributed by atoms with van der Waals surface area (Å²) < 4.78 is 37.2. The van der Waals surface area contributed by atoms with Crippen LogP contribution in [0.4, 0.5) is 19.1 Å². The molecule has 0 aliphatic carbocycles. The number of alkyl halides is 3. The Hall–Kier alpha value is -2.75. The molecule has 2 N–H and O–H groups in total. The summed E-state index contributed by atoms with van der Waals surface area (Å²) in [6.45, 7) is 0. The second-order valence-corrected chi connectivity index (χ2v) is 5.22. The summed E-state index contributed by atoms with van der Waals surface area (Å²) in [6, 6.07) is 9.20. The molecule has 0 radical (unpaired) electrons. The average Bonchev–Trinajstić information content (AvgIpc) is 3.16. The molecule has 0 bridgehead atoms. The van der Waals surface area contributed by atoms with Crippen molar-refractivity contribution in [3.05, 3.63) is 47.2 Å². The fraction of sp³-hybridized carbons (Fsp3) is 0.0769. The number of aromatic amines is 1. The van der Waals surface area contributed by atoms with Gasteiger partial charge in [0, 0.05) is 10.9 Å². The summed E-state index contributed by atoms with van der Waals surface area (Å²) >= 11 is 1.25. The van der Waals surface area contributed by atoms with Crippen LogP contribution in [0.15, 0.2) is 35.7 Å². The number of aromatic nitrogens is 4. The molecule has 0 aliphatic rings. The maximum Gasteiger partial charge on any atom is 0.451 e. The molecule has 2 heterocycles. The number of nitrogens with zero attached hydrogens (tertiary/aromatic N) is 3. The van der Waals surface area contributed by atoms with Crippen LogP contribution >= 0.6 is 11.3 Å². The van der Waals surface area contributed by atoms with Gasteiger partial charge in [0.25, 0.3) is 5.91 Å². The number of H-pyrrole nitrogens is 1. The number of nitrogens with one attached hydrogen (secondary N) is 2. The lowest BCUT2D eigenvalue weighted by molar-refractivity contribution is -0.144. The summed E-state index contributed by atoms with van der Waals surface area (Å²) in [6.07, 6.45) is -4.66. The normalized spacial score (nSPS) is 11.4. The molecule has 6 nitrogen and oxygen atoms in total. The third kappa shape index (κ3) is 3.37. The molecule has 3 aromatic rings. The number of thiazole rings is 1. The maximum absolute atomic E-state index is 12.4. The van der Waals surface area contributed by atoms with Crippen molar-refractivity contribution in [1.82, 2.24) is 20.2 Å². The van der Waals surface area contributed by atoms with Crippen LogP contribution < -0.4 is 5.32 Å². The summed E-state index contributed by atoms with van der Waals surface area (Å²) in [5, 5.41) is 9.32. The van der Waals surface area contributed by atoms with Crippen molar-refractivity contribution in [3.8, 4) is 10.6 Å². The number of benzene rings is 1. The van der Waals surface area contributed by atoms with Crippen LogP contribution in [-0.4, -0.2) is 26.1 Å². The van der Waals surface area contributed by atoms with Gasteiger partial charge < -0.3 is 0 Å². The first-order valence-electron chi connectivity index (χ1n) is 6.25. The van der Waals surface area contributed by atoms with E-state index in [0.717, 1.165) is 5.56 Å². The Balaban J connectivity index is 1.74. The average molecular weight is 339 g/mol. The van der Waals surface area contributed by atoms with E-state index in [2.05, 4.69) is 20.4 Å². The van der Waals surface area contributed by atoms with Crippen molar-refractivity contribution in [1.29, 1.82) is 0 Å². The monoisotopic (exact) mass is 339 g/mol. The van der Waals surface area contributed by atoms with Gasteiger partial charge >= 0.3 is 6.18 Å². The Labute approximate surface area is 131 Å². The molecule has 3 rings (SSSR count). The number of carbonyl (C=O) groups excluding carboxylic acids is 1. The SMILES string of the molecule is O=C(Nc1n[nH]c(C(F)(F)F)n1)c1csc(-c2ccccc2)n1. The zero-order valence-corrected chi connectivity index (χ0v) is 12.1. The van der Waals surface area contributed by atoms with E-state index in [1.165, 1.54) is 16.7 Å². The van der Waals surface area contributed by atoms with Crippen molar-refractivity contribution in [2.75, 3.05) is 5.32 Å². The molecule has 0 unspecified atom stereocenters. The number of anilines is 1. The van der Waals surface area contributed by atoms with Crippen molar-refractivity contribution in [2.45, 2.75) is 6.18 Å². The molecule has 23 heavy (non-hydrogen) atoms. The quantitative estimate of drug-likeness (QED) is 0.767. The minimum atomic E-state index is -4.66. The standard InChI is InChI=1S/C13H8F3N5OS/c14-13(15,16)11-19-12(21-20-11)18-9(22)8-6-23-10(17-8)7-4-2-1-3-5-7/h1-6H,(H2,18,19,20,21,22). The molecule has 0 fully saturated rings. The van der Waals surface area contributed by atoms with Crippen molar-refractivity contribution < 1.29 is 18.0 Å². The predicted octanol–water partition coefficient (Wildman–Crippen LogP) is 3.20. The molecular formula is C13H8F3N5OS. The van der Waals surface area contributed by atoms with Crippen LogP contribution in [0, 0.1) is 0 Å². The first kappa shape index (κ1) is 15.2. The number of hydrogen-bond donors (Lipinski definition) is 2. The molecule has 0 saturated carbocycles. The third-order valence-electron chi connectivity index (χ3n) is 2.74. The zero-order valence-electron chi connectivity index (χ0n) is 11.3. The van der Waals surface area contributed by atoms with Gasteiger partial charge in [-0.15, -0.1) is 16.4 Å². The minimum Gasteiger partial charge on any atom is -0.288 e. The first-order valence-corrected chi connectivity index (χ1v) is 7.13. The smallest absolute Gasteiger partial charge is 0.288 e. The van der Waals surface area contributed by atoms with Crippen LogP contribution in [0.1, 0.15) is 16.3 Å². The van der Waals surface area contributed by atoms with E-state index in [1.807, 2.05) is 30.3 Å². The molecule has 0 aliphatic heterocycles. The van der Waals surface area contributed by atoms with E-state index in [0.29, 0.717) is 5.01 Å². The molecular weight excluding hydrogens is 331 g/mol. The van der Waals surface area contributed by atoms with E-state index in [1.54, 1.807) is 5.10 Å². The Morgan fingerprint density at radius 1 is 1.17 bits per heavy atom. The zero-order chi connectivity index (χ0) is 16.4. The van der Waals surface area contributed by atoms with Crippen LogP contribution in [-0.2, 0) is 6.18 Å². The lowest BCUT2D eigenvalue weighted by Gasteiger charge is -1.99. The molecule has 1 aromatic carbocycles. The van der Waals surface area contributed by atoms with Gasteiger partial charge in [-0.3, -0.25) is 15.2 Å². The molecule has 0 atom stereocenters. The van der Waals surface area contributed by atoms with Crippen LogP contribution in [0.5, 0.6) is 0 Å². The second-order valence-electron chi connectivity index (χ2n) is 4.36. The Morgan fingerprint density at radius 2 is 1.91 bits per heavy atom. The summed E-state index contributed by atoms with van der Waals surface area (Å²) in [5.41, 5.74) is 0.918. The maximum atomic E-state index is 12.4. The van der Waals surface area contributed by atoms with Gasteiger partial charge in [0.2, 0.25) is 11.8 Å². The largest absolute Gasteiger partial charge is 0.451 e. The fourth-order valence-electron chi connectivity index (χ4n) is 1.70. The molecule has 2 aromatic heterocycles. The molecule has 118 valence electrons. The van der Waals surface area contributed by atoms with Gasteiger partial charge in [-0.05, 0) is 0 Å². The molecule has 1 amide bonds. The predicted molar refractivity (Wildman–Crippen MR) is 76.9 cm³/mol. The van der Waals surface area contributed by atoms with Crippen molar-refractivity contribution in [3.63, 3.8) is 0 Å². The number of carbonyl (C=O) groups is 1. The van der Waals surface area contributed by atoms with Crippen LogP contribution in [0.2, 0.25) is 0 Å². The van der Waals surface area contributed by atoms with E-state index in [4.69, 9.17) is 0 Å². The van der Waals surface area contributed by atoms with Gasteiger partial charge in [-0.2, -0.15) is 18.2 Å². The van der Waals surface area contributed by atoms with Gasteiger partial charge in [0.15, 0.2) is 0 Å². The number of halogens is 3. The fourth-order valence-corrected chi connectivity index (χ4v) is 2.51. The molecule has 0 spiro atoms. The highest BCUT2D eigenvalue weighted by molar-refractivity contribution is 7.13. The summed E-state index contributed by atoms with van der Waals surface area (Å²) in [5.74, 6) is -2.43. The van der Waals surface area contributed by atoms with E-state index in [-0.39, 0.29) is 5.69 Å². The van der Waals surface area contributed by atoms with E-state index in [9.17, 15) is 18.0 Å². The summed E-state index contributed by atoms with van der Waals surface area (Å²) in [7, 11) is 0. The van der Waals surface area contributed by atoms with Gasteiger partial charge in [-0.25, -0.2) is 4.98 Å². The van der Waals surface area contributed by atoms with Gasteiger partial charge in [0.1, 0.15) is 10.7 Å². The van der Waals surface area contributed by atoms with Gasteiger partial charge in [0.05, 0.1) is 0 Å². The lowest BCUT2D eigenvalue weighted by Crippen LogP contribution is -2.14. The van der Waals surface area contributed by atoms with Crippen molar-refractivity contribution in [2.24, 2.45) is 0 Å². The molecule has 10 heteroatoms. The Bertz CT molecular complexity index is 828. The van der Waals surface area contributed by atoms with E-state index < -0.39 is 23.9 Å². The number of hydrogen-bond acceptors (Lipinski definition) is 5. The highest BCUT2D eigenvalue weighted by Crippen LogP contribution is 2.26. The second kappa shape index (κ2) is 5.80. The number of rotatable bonds is 3. The summed E-state index contributed by atoms with van der Waals surface area (Å²) in [4.78, 5) is 19.3. The Kier molecular flexibility index (Phi) is 3.82.